The number of anilines is 1. The molecule has 2 heterocycles. The number of nitrogens with one attached hydrogen (secondary N) is 1. The fourth-order valence-electron chi connectivity index (χ4n) is 2.39. The quantitative estimate of drug-likeness (QED) is 0.914. The molecule has 1 fully saturated rings. The minimum Gasteiger partial charge on any atom is -0.471 e. The van der Waals surface area contributed by atoms with Gasteiger partial charge in [-0.15, -0.1) is 0 Å². The van der Waals surface area contributed by atoms with Crippen molar-refractivity contribution in [2.75, 3.05) is 37.7 Å². The molecule has 2 aromatic rings. The second kappa shape index (κ2) is 7.56. The summed E-state index contributed by atoms with van der Waals surface area (Å²) in [6.45, 7) is 4.25. The van der Waals surface area contributed by atoms with Gasteiger partial charge in [0.2, 0.25) is 0 Å². The Balaban J connectivity index is 1.61. The topological polar surface area (TPSA) is 50.3 Å². The van der Waals surface area contributed by atoms with Gasteiger partial charge in [-0.05, 0) is 11.6 Å². The van der Waals surface area contributed by atoms with E-state index in [2.05, 4.69) is 32.3 Å². The number of aromatic nitrogens is 2. The molecular weight excluding hydrogens is 276 g/mol. The lowest BCUT2D eigenvalue weighted by Crippen LogP contribution is -2.44. The van der Waals surface area contributed by atoms with Gasteiger partial charge in [0.05, 0.1) is 0 Å². The molecule has 5 heteroatoms. The average Bonchev–Trinajstić information content (AvgIpc) is 2.61. The van der Waals surface area contributed by atoms with E-state index in [1.54, 1.807) is 12.4 Å². The van der Waals surface area contributed by atoms with Crippen molar-refractivity contribution in [3.63, 3.8) is 0 Å². The average molecular weight is 296 g/mol. The minimum absolute atomic E-state index is 0.479. The second-order valence-electron chi connectivity index (χ2n) is 5.05. The molecule has 5 nitrogen and oxygen atoms in total. The van der Waals surface area contributed by atoms with Gasteiger partial charge >= 0.3 is 0 Å². The molecule has 0 aliphatic carbocycles. The molecule has 0 radical (unpaired) electrons. The van der Waals surface area contributed by atoms with E-state index < -0.39 is 0 Å². The van der Waals surface area contributed by atoms with Gasteiger partial charge in [0, 0.05) is 38.6 Å². The van der Waals surface area contributed by atoms with Crippen molar-refractivity contribution in [2.24, 2.45) is 0 Å². The van der Waals surface area contributed by atoms with Crippen molar-refractivity contribution in [1.82, 2.24) is 15.3 Å². The zero-order chi connectivity index (χ0) is 15.0. The van der Waals surface area contributed by atoms with Crippen LogP contribution in [0.3, 0.4) is 0 Å². The Labute approximate surface area is 130 Å². The van der Waals surface area contributed by atoms with Crippen molar-refractivity contribution in [3.8, 4) is 5.88 Å². The van der Waals surface area contributed by atoms with Gasteiger partial charge < -0.3 is 15.0 Å². The summed E-state index contributed by atoms with van der Waals surface area (Å²) >= 11 is 0. The molecule has 114 valence electrons. The van der Waals surface area contributed by atoms with Gasteiger partial charge in [0.1, 0.15) is 6.61 Å². The van der Waals surface area contributed by atoms with Crippen LogP contribution in [0.5, 0.6) is 5.88 Å². The minimum atomic E-state index is 0.479. The Morgan fingerprint density at radius 1 is 1.09 bits per heavy atom. The van der Waals surface area contributed by atoms with E-state index in [1.807, 2.05) is 30.4 Å². The number of benzene rings is 1. The first-order valence-corrected chi connectivity index (χ1v) is 7.54. The van der Waals surface area contributed by atoms with Crippen molar-refractivity contribution < 1.29 is 4.74 Å². The van der Waals surface area contributed by atoms with Crippen LogP contribution in [-0.2, 0) is 0 Å². The molecule has 0 atom stereocenters. The predicted molar refractivity (Wildman–Crippen MR) is 88.1 cm³/mol. The van der Waals surface area contributed by atoms with Crippen LogP contribution >= 0.6 is 0 Å². The number of piperazine rings is 1. The van der Waals surface area contributed by atoms with Crippen LogP contribution < -0.4 is 15.0 Å². The van der Waals surface area contributed by atoms with Crippen molar-refractivity contribution in [2.45, 2.75) is 0 Å². The number of rotatable bonds is 5. The maximum Gasteiger partial charge on any atom is 0.257 e. The Morgan fingerprint density at radius 3 is 2.68 bits per heavy atom. The highest BCUT2D eigenvalue weighted by Crippen LogP contribution is 2.22. The van der Waals surface area contributed by atoms with Gasteiger partial charge in [-0.3, -0.25) is 0 Å². The van der Waals surface area contributed by atoms with E-state index in [0.29, 0.717) is 12.5 Å². The molecule has 22 heavy (non-hydrogen) atoms. The number of hydrogen-bond acceptors (Lipinski definition) is 5. The van der Waals surface area contributed by atoms with Crippen molar-refractivity contribution in [1.29, 1.82) is 0 Å². The molecule has 0 spiro atoms. The summed E-state index contributed by atoms with van der Waals surface area (Å²) in [6, 6.07) is 10.2. The monoisotopic (exact) mass is 296 g/mol. The van der Waals surface area contributed by atoms with Crippen molar-refractivity contribution >= 4 is 11.9 Å². The third-order valence-electron chi connectivity index (χ3n) is 3.49. The summed E-state index contributed by atoms with van der Waals surface area (Å²) in [6.07, 6.45) is 7.42. The summed E-state index contributed by atoms with van der Waals surface area (Å²) in [5.41, 5.74) is 1.16. The third kappa shape index (κ3) is 3.83. The normalized spacial score (nSPS) is 15.2. The van der Waals surface area contributed by atoms with Gasteiger partial charge in [-0.1, -0.05) is 36.4 Å². The van der Waals surface area contributed by atoms with E-state index in [4.69, 9.17) is 4.74 Å². The van der Waals surface area contributed by atoms with Crippen LogP contribution in [0.1, 0.15) is 5.56 Å². The highest BCUT2D eigenvalue weighted by molar-refractivity contribution is 5.50. The largest absolute Gasteiger partial charge is 0.471 e. The van der Waals surface area contributed by atoms with E-state index in [-0.39, 0.29) is 0 Å². The summed E-state index contributed by atoms with van der Waals surface area (Å²) in [7, 11) is 0. The van der Waals surface area contributed by atoms with Gasteiger partial charge in [-0.25, -0.2) is 9.97 Å². The Kier molecular flexibility index (Phi) is 5.00. The molecule has 3 rings (SSSR count). The lowest BCUT2D eigenvalue weighted by Gasteiger charge is -2.28. The van der Waals surface area contributed by atoms with E-state index >= 15 is 0 Å². The molecule has 1 aromatic heterocycles. The SMILES string of the molecule is C(=C\c1ccccc1)/COc1nccnc1N1CCNCC1. The summed E-state index contributed by atoms with van der Waals surface area (Å²) in [4.78, 5) is 11.0. The zero-order valence-corrected chi connectivity index (χ0v) is 12.5. The molecule has 0 saturated carbocycles. The second-order valence-corrected chi connectivity index (χ2v) is 5.05. The summed E-state index contributed by atoms with van der Waals surface area (Å²) < 4.78 is 5.79. The summed E-state index contributed by atoms with van der Waals surface area (Å²) in [5.74, 6) is 1.43. The van der Waals surface area contributed by atoms with Crippen LogP contribution in [0.25, 0.3) is 6.08 Å². The smallest absolute Gasteiger partial charge is 0.257 e. The van der Waals surface area contributed by atoms with E-state index in [9.17, 15) is 0 Å². The van der Waals surface area contributed by atoms with Gasteiger partial charge in [0.15, 0.2) is 5.82 Å². The Bertz CT molecular complexity index is 609. The molecule has 0 bridgehead atoms. The zero-order valence-electron chi connectivity index (χ0n) is 12.5. The van der Waals surface area contributed by atoms with Gasteiger partial charge in [0.25, 0.3) is 5.88 Å². The molecule has 1 aliphatic heterocycles. The Morgan fingerprint density at radius 2 is 1.86 bits per heavy atom. The first-order chi connectivity index (χ1) is 10.9. The predicted octanol–water partition coefficient (Wildman–Crippen LogP) is 1.98. The van der Waals surface area contributed by atoms with Crippen LogP contribution in [0.2, 0.25) is 0 Å². The fraction of sp³-hybridized carbons (Fsp3) is 0.294. The highest BCUT2D eigenvalue weighted by Gasteiger charge is 2.16. The van der Waals surface area contributed by atoms with Gasteiger partial charge in [-0.2, -0.15) is 0 Å². The summed E-state index contributed by atoms with van der Waals surface area (Å²) in [5, 5.41) is 3.33. The molecule has 0 unspecified atom stereocenters. The molecule has 1 aliphatic rings. The highest BCUT2D eigenvalue weighted by atomic mass is 16.5. The molecule has 1 aromatic carbocycles. The number of hydrogen-bond donors (Lipinski definition) is 1. The number of nitrogens with zero attached hydrogens (tertiary/aromatic N) is 3. The van der Waals surface area contributed by atoms with Crippen molar-refractivity contribution in [3.05, 3.63) is 54.4 Å². The molecular formula is C17H20N4O. The van der Waals surface area contributed by atoms with Crippen LogP contribution in [0.15, 0.2) is 48.8 Å². The molecule has 1 N–H and O–H groups in total. The molecule has 0 amide bonds. The first-order valence-electron chi connectivity index (χ1n) is 7.54. The molecule has 1 saturated heterocycles. The maximum atomic E-state index is 5.79. The third-order valence-corrected chi connectivity index (χ3v) is 3.49. The lowest BCUT2D eigenvalue weighted by molar-refractivity contribution is 0.346. The van der Waals surface area contributed by atoms with E-state index in [0.717, 1.165) is 37.6 Å². The fourth-order valence-corrected chi connectivity index (χ4v) is 2.39. The first kappa shape index (κ1) is 14.5. The Hall–Kier alpha value is -2.40. The number of ether oxygens (including phenoxy) is 1. The van der Waals surface area contributed by atoms with Crippen LogP contribution in [0, 0.1) is 0 Å². The maximum absolute atomic E-state index is 5.79. The van der Waals surface area contributed by atoms with Crippen LogP contribution in [0.4, 0.5) is 5.82 Å². The van der Waals surface area contributed by atoms with Crippen LogP contribution in [-0.4, -0.2) is 42.8 Å². The standard InChI is InChI=1S/C17H20N4O/c1-2-5-15(6-3-1)7-4-14-22-17-16(19-8-9-20-17)21-12-10-18-11-13-21/h1-9,18H,10-14H2/b7-4+. The lowest BCUT2D eigenvalue weighted by atomic mass is 10.2. The van der Waals surface area contributed by atoms with E-state index in [1.165, 1.54) is 0 Å².